The Morgan fingerprint density at radius 3 is 2.38 bits per heavy atom. The highest BCUT2D eigenvalue weighted by Crippen LogP contribution is 2.53. The minimum absolute atomic E-state index is 0.113. The number of fused-ring (bicyclic) bond motifs is 1. The van der Waals surface area contributed by atoms with Gasteiger partial charge in [-0.3, -0.25) is 4.79 Å². The molecule has 2 heteroatoms. The molecule has 0 aliphatic heterocycles. The smallest absolute Gasteiger partial charge is 0.309 e. The largest absolute Gasteiger partial charge is 0.459 e. The molecule has 0 N–H and O–H groups in total. The first kappa shape index (κ1) is 18.3. The van der Waals surface area contributed by atoms with Gasteiger partial charge in [-0.15, -0.1) is 0 Å². The van der Waals surface area contributed by atoms with E-state index in [-0.39, 0.29) is 17.5 Å². The monoisotopic (exact) mass is 334 g/mol. The van der Waals surface area contributed by atoms with Gasteiger partial charge in [-0.1, -0.05) is 40.0 Å². The standard InChI is InChI=1S/C22H38O2/c1-4-9-17-14-16(5-2)20-15-18(10-11-19(17)20)21(23)24-22(6-3)12-7-8-13-22/h16-20H,4-15H2,1-3H3. The Morgan fingerprint density at radius 1 is 1.00 bits per heavy atom. The van der Waals surface area contributed by atoms with Crippen molar-refractivity contribution in [3.8, 4) is 0 Å². The van der Waals surface area contributed by atoms with Gasteiger partial charge in [-0.25, -0.2) is 0 Å². The molecule has 5 unspecified atom stereocenters. The lowest BCUT2D eigenvalue weighted by Crippen LogP contribution is -2.37. The van der Waals surface area contributed by atoms with E-state index in [4.69, 9.17) is 4.74 Å². The third kappa shape index (κ3) is 3.53. The molecular formula is C22H38O2. The van der Waals surface area contributed by atoms with Crippen LogP contribution in [-0.2, 0) is 9.53 Å². The SMILES string of the molecule is CCCC1CC(CC)C2CC(C(=O)OC3(CC)CCCC3)CCC12. The maximum absolute atomic E-state index is 12.9. The molecule has 2 nitrogen and oxygen atoms in total. The molecule has 3 rings (SSSR count). The van der Waals surface area contributed by atoms with Gasteiger partial charge < -0.3 is 4.74 Å². The molecule has 138 valence electrons. The van der Waals surface area contributed by atoms with Crippen LogP contribution in [0.25, 0.3) is 0 Å². The van der Waals surface area contributed by atoms with E-state index < -0.39 is 0 Å². The first-order chi connectivity index (χ1) is 11.6. The second-order valence-electron chi connectivity index (χ2n) is 8.96. The van der Waals surface area contributed by atoms with Crippen molar-refractivity contribution in [2.45, 2.75) is 103 Å². The van der Waals surface area contributed by atoms with E-state index in [1.807, 2.05) is 0 Å². The van der Waals surface area contributed by atoms with Gasteiger partial charge in [0.2, 0.25) is 0 Å². The Kier molecular flexibility index (Phi) is 5.93. The van der Waals surface area contributed by atoms with Crippen LogP contribution in [0.15, 0.2) is 0 Å². The molecule has 0 radical (unpaired) electrons. The summed E-state index contributed by atoms with van der Waals surface area (Å²) in [4.78, 5) is 12.9. The van der Waals surface area contributed by atoms with Gasteiger partial charge in [-0.2, -0.15) is 0 Å². The zero-order valence-corrected chi connectivity index (χ0v) is 16.2. The maximum Gasteiger partial charge on any atom is 0.309 e. The number of hydrogen-bond donors (Lipinski definition) is 0. The number of hydrogen-bond acceptors (Lipinski definition) is 2. The fourth-order valence-corrected chi connectivity index (χ4v) is 6.32. The van der Waals surface area contributed by atoms with Crippen LogP contribution in [0.4, 0.5) is 0 Å². The zero-order chi connectivity index (χ0) is 17.2. The Bertz CT molecular complexity index is 424. The van der Waals surface area contributed by atoms with Crippen molar-refractivity contribution in [2.75, 3.05) is 0 Å². The summed E-state index contributed by atoms with van der Waals surface area (Å²) in [5.41, 5.74) is -0.113. The van der Waals surface area contributed by atoms with E-state index in [1.54, 1.807) is 0 Å². The summed E-state index contributed by atoms with van der Waals surface area (Å²) >= 11 is 0. The van der Waals surface area contributed by atoms with Crippen molar-refractivity contribution >= 4 is 5.97 Å². The van der Waals surface area contributed by atoms with Crippen LogP contribution in [0.3, 0.4) is 0 Å². The van der Waals surface area contributed by atoms with Crippen LogP contribution >= 0.6 is 0 Å². The fraction of sp³-hybridized carbons (Fsp3) is 0.955. The van der Waals surface area contributed by atoms with Gasteiger partial charge in [0.15, 0.2) is 0 Å². The molecule has 0 amide bonds. The fourth-order valence-electron chi connectivity index (χ4n) is 6.32. The van der Waals surface area contributed by atoms with Gasteiger partial charge in [-0.05, 0) is 81.5 Å². The first-order valence-corrected chi connectivity index (χ1v) is 10.8. The average Bonchev–Trinajstić information content (AvgIpc) is 3.20. The highest BCUT2D eigenvalue weighted by Gasteiger charge is 2.47. The Balaban J connectivity index is 1.62. The molecule has 0 spiro atoms. The van der Waals surface area contributed by atoms with Crippen molar-refractivity contribution in [3.63, 3.8) is 0 Å². The van der Waals surface area contributed by atoms with E-state index in [2.05, 4.69) is 20.8 Å². The molecule has 0 aromatic rings. The normalized spacial score (nSPS) is 38.0. The third-order valence-electron chi connectivity index (χ3n) is 7.76. The molecular weight excluding hydrogens is 296 g/mol. The zero-order valence-electron chi connectivity index (χ0n) is 16.2. The lowest BCUT2D eigenvalue weighted by Gasteiger charge is -2.37. The number of carbonyl (C=O) groups excluding carboxylic acids is 1. The van der Waals surface area contributed by atoms with Crippen LogP contribution in [-0.4, -0.2) is 11.6 Å². The molecule has 3 aliphatic rings. The van der Waals surface area contributed by atoms with E-state index in [0.29, 0.717) is 0 Å². The summed E-state index contributed by atoms with van der Waals surface area (Å²) in [5.74, 6) is 3.80. The summed E-state index contributed by atoms with van der Waals surface area (Å²) in [7, 11) is 0. The Hall–Kier alpha value is -0.530. The van der Waals surface area contributed by atoms with Crippen molar-refractivity contribution in [1.29, 1.82) is 0 Å². The van der Waals surface area contributed by atoms with E-state index in [1.165, 1.54) is 44.9 Å². The molecule has 0 heterocycles. The van der Waals surface area contributed by atoms with E-state index in [0.717, 1.165) is 55.8 Å². The van der Waals surface area contributed by atoms with Crippen molar-refractivity contribution in [3.05, 3.63) is 0 Å². The summed E-state index contributed by atoms with van der Waals surface area (Å²) < 4.78 is 6.14. The summed E-state index contributed by atoms with van der Waals surface area (Å²) in [6.45, 7) is 6.86. The number of rotatable bonds is 6. The summed E-state index contributed by atoms with van der Waals surface area (Å²) in [5, 5.41) is 0. The Labute approximate surface area is 149 Å². The second-order valence-corrected chi connectivity index (χ2v) is 8.96. The molecule has 3 saturated carbocycles. The summed E-state index contributed by atoms with van der Waals surface area (Å²) in [6.07, 6.45) is 14.5. The summed E-state index contributed by atoms with van der Waals surface area (Å²) in [6, 6.07) is 0. The van der Waals surface area contributed by atoms with Crippen LogP contribution in [0.1, 0.15) is 97.8 Å². The first-order valence-electron chi connectivity index (χ1n) is 10.8. The molecule has 24 heavy (non-hydrogen) atoms. The molecule has 0 bridgehead atoms. The van der Waals surface area contributed by atoms with Gasteiger partial charge >= 0.3 is 5.97 Å². The van der Waals surface area contributed by atoms with Crippen molar-refractivity contribution in [1.82, 2.24) is 0 Å². The van der Waals surface area contributed by atoms with Crippen LogP contribution in [0.2, 0.25) is 0 Å². The Morgan fingerprint density at radius 2 is 1.75 bits per heavy atom. The van der Waals surface area contributed by atoms with E-state index in [9.17, 15) is 4.79 Å². The predicted molar refractivity (Wildman–Crippen MR) is 98.7 cm³/mol. The molecule has 3 fully saturated rings. The van der Waals surface area contributed by atoms with E-state index >= 15 is 0 Å². The number of ether oxygens (including phenoxy) is 1. The van der Waals surface area contributed by atoms with Gasteiger partial charge in [0.1, 0.15) is 5.60 Å². The maximum atomic E-state index is 12.9. The predicted octanol–water partition coefficient (Wildman–Crippen LogP) is 6.13. The lowest BCUT2D eigenvalue weighted by atomic mass is 9.70. The van der Waals surface area contributed by atoms with Crippen molar-refractivity contribution in [2.24, 2.45) is 29.6 Å². The van der Waals surface area contributed by atoms with Crippen LogP contribution in [0.5, 0.6) is 0 Å². The van der Waals surface area contributed by atoms with Crippen LogP contribution in [0, 0.1) is 29.6 Å². The molecule has 0 saturated heterocycles. The average molecular weight is 335 g/mol. The molecule has 3 aliphatic carbocycles. The lowest BCUT2D eigenvalue weighted by molar-refractivity contribution is -0.167. The molecule has 0 aromatic carbocycles. The topological polar surface area (TPSA) is 26.3 Å². The van der Waals surface area contributed by atoms with Crippen molar-refractivity contribution < 1.29 is 9.53 Å². The third-order valence-corrected chi connectivity index (χ3v) is 7.76. The number of esters is 1. The van der Waals surface area contributed by atoms with Gasteiger partial charge in [0.25, 0.3) is 0 Å². The highest BCUT2D eigenvalue weighted by atomic mass is 16.6. The quantitative estimate of drug-likeness (QED) is 0.546. The van der Waals surface area contributed by atoms with Gasteiger partial charge in [0, 0.05) is 0 Å². The minimum atomic E-state index is -0.113. The minimum Gasteiger partial charge on any atom is -0.459 e. The highest BCUT2D eigenvalue weighted by molar-refractivity contribution is 5.73. The molecule has 0 aromatic heterocycles. The number of carbonyl (C=O) groups is 1. The molecule has 5 atom stereocenters. The van der Waals surface area contributed by atoms with Gasteiger partial charge in [0.05, 0.1) is 5.92 Å². The second kappa shape index (κ2) is 7.79. The van der Waals surface area contributed by atoms with Crippen LogP contribution < -0.4 is 0 Å².